The van der Waals surface area contributed by atoms with Crippen LogP contribution in [0, 0.1) is 0 Å². The molecular formula is C55H33N. The predicted molar refractivity (Wildman–Crippen MR) is 239 cm³/mol. The lowest BCUT2D eigenvalue weighted by molar-refractivity contribution is 1.33. The molecule has 0 amide bonds. The Bertz CT molecular complexity index is 3450. The van der Waals surface area contributed by atoms with Crippen LogP contribution in [0.5, 0.6) is 0 Å². The molecule has 0 radical (unpaired) electrons. The van der Waals surface area contributed by atoms with Crippen molar-refractivity contribution in [2.45, 2.75) is 0 Å². The van der Waals surface area contributed by atoms with Crippen molar-refractivity contribution < 1.29 is 0 Å². The predicted octanol–water partition coefficient (Wildman–Crippen LogP) is 15.2. The van der Waals surface area contributed by atoms with Gasteiger partial charge in [0.25, 0.3) is 0 Å². The highest BCUT2D eigenvalue weighted by atomic mass is 14.6. The normalized spacial score (nSPS) is 11.9. The highest BCUT2D eigenvalue weighted by Gasteiger charge is 2.16. The van der Waals surface area contributed by atoms with E-state index in [1.807, 2.05) is 12.4 Å². The highest BCUT2D eigenvalue weighted by molar-refractivity contribution is 6.28. The number of nitrogens with zero attached hydrogens (tertiary/aromatic N) is 1. The van der Waals surface area contributed by atoms with Crippen LogP contribution in [0.1, 0.15) is 0 Å². The lowest BCUT2D eigenvalue weighted by atomic mass is 9.87. The van der Waals surface area contributed by atoms with E-state index in [1.165, 1.54) is 120 Å². The Hall–Kier alpha value is -7.35. The van der Waals surface area contributed by atoms with E-state index >= 15 is 0 Å². The molecule has 12 aromatic rings. The van der Waals surface area contributed by atoms with Gasteiger partial charge in [-0.15, -0.1) is 0 Å². The SMILES string of the molecule is c1cc(-c2cccc(-c3ccc4ccc5cccc6ccc3c4c56)c2)cc(-c2cccc(-c3ccc4ccc5c(-c6ccncc6)ccc6ccc3c4c65)c2)c1. The zero-order chi connectivity index (χ0) is 36.7. The van der Waals surface area contributed by atoms with Crippen LogP contribution in [0.4, 0.5) is 0 Å². The lowest BCUT2D eigenvalue weighted by Gasteiger charge is -2.17. The van der Waals surface area contributed by atoms with Crippen molar-refractivity contribution in [1.82, 2.24) is 4.98 Å². The van der Waals surface area contributed by atoms with Crippen LogP contribution in [0.2, 0.25) is 0 Å². The van der Waals surface area contributed by atoms with Gasteiger partial charge in [-0.25, -0.2) is 0 Å². The largest absolute Gasteiger partial charge is 0.265 e. The van der Waals surface area contributed by atoms with E-state index in [9.17, 15) is 0 Å². The summed E-state index contributed by atoms with van der Waals surface area (Å²) in [5.74, 6) is 0. The van der Waals surface area contributed by atoms with E-state index in [0.717, 1.165) is 0 Å². The summed E-state index contributed by atoms with van der Waals surface area (Å²) in [5.41, 5.74) is 12.2. The summed E-state index contributed by atoms with van der Waals surface area (Å²) in [5, 5.41) is 15.6. The first kappa shape index (κ1) is 31.0. The summed E-state index contributed by atoms with van der Waals surface area (Å²) < 4.78 is 0. The first-order valence-electron chi connectivity index (χ1n) is 19.3. The fraction of sp³-hybridized carbons (Fsp3) is 0. The Balaban J connectivity index is 0.941. The van der Waals surface area contributed by atoms with E-state index in [4.69, 9.17) is 0 Å². The van der Waals surface area contributed by atoms with E-state index in [-0.39, 0.29) is 0 Å². The Kier molecular flexibility index (Phi) is 6.70. The lowest BCUT2D eigenvalue weighted by Crippen LogP contribution is -1.90. The minimum Gasteiger partial charge on any atom is -0.265 e. The second kappa shape index (κ2) is 12.1. The molecule has 11 aromatic carbocycles. The van der Waals surface area contributed by atoms with Gasteiger partial charge in [0.15, 0.2) is 0 Å². The first-order chi connectivity index (χ1) is 27.7. The quantitative estimate of drug-likeness (QED) is 0.162. The molecule has 0 saturated carbocycles. The Morgan fingerprint density at radius 2 is 0.554 bits per heavy atom. The van der Waals surface area contributed by atoms with Crippen molar-refractivity contribution in [3.8, 4) is 55.6 Å². The fourth-order valence-electron chi connectivity index (χ4n) is 9.43. The molecule has 0 aliphatic rings. The van der Waals surface area contributed by atoms with Crippen molar-refractivity contribution in [1.29, 1.82) is 0 Å². The number of hydrogen-bond acceptors (Lipinski definition) is 1. The van der Waals surface area contributed by atoms with Gasteiger partial charge >= 0.3 is 0 Å². The number of aromatic nitrogens is 1. The molecule has 0 spiro atoms. The zero-order valence-corrected chi connectivity index (χ0v) is 30.5. The molecule has 258 valence electrons. The fourth-order valence-corrected chi connectivity index (χ4v) is 9.43. The maximum absolute atomic E-state index is 4.26. The maximum atomic E-state index is 4.26. The van der Waals surface area contributed by atoms with E-state index < -0.39 is 0 Å². The topological polar surface area (TPSA) is 12.9 Å². The third kappa shape index (κ3) is 4.71. The Morgan fingerprint density at radius 1 is 0.232 bits per heavy atom. The molecule has 0 aliphatic carbocycles. The van der Waals surface area contributed by atoms with Crippen molar-refractivity contribution in [2.24, 2.45) is 0 Å². The van der Waals surface area contributed by atoms with Crippen molar-refractivity contribution in [3.63, 3.8) is 0 Å². The smallest absolute Gasteiger partial charge is 0.0273 e. The molecule has 0 saturated heterocycles. The molecule has 0 fully saturated rings. The van der Waals surface area contributed by atoms with Crippen LogP contribution in [0.25, 0.3) is 120 Å². The van der Waals surface area contributed by atoms with Gasteiger partial charge in [-0.3, -0.25) is 4.98 Å². The standard InChI is InChI=1S/C55H33N/c1-5-35-13-14-37-16-22-47(50-24-18-36(6-1)52(35)53(37)50)44-11-3-9-42(32-44)40-7-2-8-41(31-40)43-10-4-12-45(33-43)48-23-17-39-19-25-49-46(34-27-29-56-30-28-34)21-15-38-20-26-51(48)55(39)54(38)49/h1-33H. The maximum Gasteiger partial charge on any atom is 0.0273 e. The summed E-state index contributed by atoms with van der Waals surface area (Å²) >= 11 is 0. The molecule has 0 N–H and O–H groups in total. The molecule has 0 unspecified atom stereocenters. The minimum absolute atomic E-state index is 1.19. The molecule has 1 heteroatoms. The van der Waals surface area contributed by atoms with Crippen LogP contribution in [0.15, 0.2) is 200 Å². The average Bonchev–Trinajstić information content (AvgIpc) is 3.27. The summed E-state index contributed by atoms with van der Waals surface area (Å²) in [6.45, 7) is 0. The van der Waals surface area contributed by atoms with Crippen molar-refractivity contribution in [3.05, 3.63) is 200 Å². The van der Waals surface area contributed by atoms with Crippen LogP contribution in [0.3, 0.4) is 0 Å². The van der Waals surface area contributed by atoms with Gasteiger partial charge in [0, 0.05) is 12.4 Å². The molecule has 1 heterocycles. The van der Waals surface area contributed by atoms with Gasteiger partial charge in [-0.1, -0.05) is 158 Å². The summed E-state index contributed by atoms with van der Waals surface area (Å²) in [7, 11) is 0. The van der Waals surface area contributed by atoms with Crippen molar-refractivity contribution in [2.75, 3.05) is 0 Å². The van der Waals surface area contributed by atoms with E-state index in [1.54, 1.807) is 0 Å². The summed E-state index contributed by atoms with van der Waals surface area (Å²) in [6.07, 6.45) is 3.75. The molecule has 12 rings (SSSR count). The minimum atomic E-state index is 1.19. The van der Waals surface area contributed by atoms with Gasteiger partial charge in [0.05, 0.1) is 0 Å². The second-order valence-electron chi connectivity index (χ2n) is 15.1. The Morgan fingerprint density at radius 3 is 1.02 bits per heavy atom. The third-order valence-corrected chi connectivity index (χ3v) is 12.1. The zero-order valence-electron chi connectivity index (χ0n) is 30.5. The van der Waals surface area contributed by atoms with E-state index in [2.05, 4.69) is 193 Å². The monoisotopic (exact) mass is 707 g/mol. The van der Waals surface area contributed by atoms with Gasteiger partial charge in [-0.2, -0.15) is 0 Å². The molecule has 0 bridgehead atoms. The Labute approximate surface area is 324 Å². The molecule has 0 atom stereocenters. The van der Waals surface area contributed by atoms with Gasteiger partial charge < -0.3 is 0 Å². The van der Waals surface area contributed by atoms with Crippen LogP contribution < -0.4 is 0 Å². The molecule has 56 heavy (non-hydrogen) atoms. The van der Waals surface area contributed by atoms with Gasteiger partial charge in [0.2, 0.25) is 0 Å². The number of rotatable bonds is 5. The molecule has 0 aliphatic heterocycles. The van der Waals surface area contributed by atoms with Crippen molar-refractivity contribution >= 4 is 64.6 Å². The third-order valence-electron chi connectivity index (χ3n) is 12.1. The number of hydrogen-bond donors (Lipinski definition) is 0. The molecule has 1 aromatic heterocycles. The van der Waals surface area contributed by atoms with Crippen LogP contribution in [-0.4, -0.2) is 4.98 Å². The second-order valence-corrected chi connectivity index (χ2v) is 15.1. The average molecular weight is 708 g/mol. The van der Waals surface area contributed by atoms with Gasteiger partial charge in [-0.05, 0) is 151 Å². The van der Waals surface area contributed by atoms with Crippen LogP contribution in [-0.2, 0) is 0 Å². The van der Waals surface area contributed by atoms with Crippen LogP contribution >= 0.6 is 0 Å². The first-order valence-corrected chi connectivity index (χ1v) is 19.3. The van der Waals surface area contributed by atoms with Gasteiger partial charge in [0.1, 0.15) is 0 Å². The van der Waals surface area contributed by atoms with E-state index in [0.29, 0.717) is 0 Å². The number of pyridine rings is 1. The highest BCUT2D eigenvalue weighted by Crippen LogP contribution is 2.44. The number of benzene rings is 11. The molecule has 1 nitrogen and oxygen atoms in total. The molecular weight excluding hydrogens is 675 g/mol. The summed E-state index contributed by atoms with van der Waals surface area (Å²) in [6, 6.07) is 69.8. The summed E-state index contributed by atoms with van der Waals surface area (Å²) in [4.78, 5) is 4.26.